The van der Waals surface area contributed by atoms with E-state index in [1.165, 1.54) is 11.8 Å². The van der Waals surface area contributed by atoms with E-state index >= 15 is 0 Å². The summed E-state index contributed by atoms with van der Waals surface area (Å²) in [6.07, 6.45) is 4.83. The van der Waals surface area contributed by atoms with E-state index in [0.29, 0.717) is 15.7 Å². The maximum absolute atomic E-state index is 10.8. The fourth-order valence-corrected chi connectivity index (χ4v) is 3.16. The summed E-state index contributed by atoms with van der Waals surface area (Å²) in [5, 5.41) is 10.1. The molecule has 0 saturated carbocycles. The summed E-state index contributed by atoms with van der Waals surface area (Å²) >= 11 is 7.18. The number of unbranched alkanes of at least 4 members (excludes halogenated alkanes) is 1. The molecule has 1 N–H and O–H groups in total. The molecular formula is C14H18ClN3O2S. The van der Waals surface area contributed by atoms with Crippen molar-refractivity contribution in [3.8, 4) is 0 Å². The number of thioether (sulfide) groups is 1. The minimum atomic E-state index is -0.856. The lowest BCUT2D eigenvalue weighted by atomic mass is 10.1. The molecule has 1 atom stereocenters. The minimum absolute atomic E-state index is 0.0163. The molecule has 5 nitrogen and oxygen atoms in total. The van der Waals surface area contributed by atoms with Gasteiger partial charge in [0.05, 0.1) is 10.8 Å². The molecule has 0 aliphatic heterocycles. The van der Waals surface area contributed by atoms with Crippen molar-refractivity contribution in [1.29, 1.82) is 0 Å². The van der Waals surface area contributed by atoms with Gasteiger partial charge in [0.1, 0.15) is 5.52 Å². The van der Waals surface area contributed by atoms with Gasteiger partial charge in [0.2, 0.25) is 0 Å². The molecule has 2 rings (SSSR count). The first kappa shape index (κ1) is 16.1. The van der Waals surface area contributed by atoms with Gasteiger partial charge in [-0.05, 0) is 19.4 Å². The number of hydrogen-bond donors (Lipinski definition) is 1. The zero-order valence-corrected chi connectivity index (χ0v) is 13.6. The van der Waals surface area contributed by atoms with Crippen LogP contribution in [0.2, 0.25) is 5.02 Å². The summed E-state index contributed by atoms with van der Waals surface area (Å²) in [5.41, 5.74) is 1.47. The first-order chi connectivity index (χ1) is 10.0. The van der Waals surface area contributed by atoms with Crippen LogP contribution >= 0.6 is 23.4 Å². The summed E-state index contributed by atoms with van der Waals surface area (Å²) in [6, 6.07) is 1.98. The van der Waals surface area contributed by atoms with Crippen LogP contribution in [0.15, 0.2) is 17.4 Å². The number of fused-ring (bicyclic) bond motifs is 1. The van der Waals surface area contributed by atoms with Gasteiger partial charge < -0.3 is 9.67 Å². The Morgan fingerprint density at radius 2 is 2.33 bits per heavy atom. The molecule has 2 aromatic rings. The van der Waals surface area contributed by atoms with Crippen LogP contribution in [0.5, 0.6) is 0 Å². The number of carbonyl (C=O) groups is 1. The predicted molar refractivity (Wildman–Crippen MR) is 85.1 cm³/mol. The largest absolute Gasteiger partial charge is 0.481 e. The lowest BCUT2D eigenvalue weighted by Crippen LogP contribution is -2.08. The SMILES string of the molecule is CCCCC(C)n1c(SCC(=O)O)nc2cc(Cl)cnc21. The number of imidazole rings is 1. The molecule has 0 aliphatic carbocycles. The number of halogens is 1. The number of rotatable bonds is 7. The van der Waals surface area contributed by atoms with Gasteiger partial charge in [-0.15, -0.1) is 0 Å². The molecule has 0 radical (unpaired) electrons. The molecule has 2 heterocycles. The lowest BCUT2D eigenvalue weighted by Gasteiger charge is -2.16. The number of carboxylic acid groups (broad SMARTS) is 1. The summed E-state index contributed by atoms with van der Waals surface area (Å²) in [5.74, 6) is -0.872. The Morgan fingerprint density at radius 3 is 3.00 bits per heavy atom. The van der Waals surface area contributed by atoms with Gasteiger partial charge in [0.15, 0.2) is 10.8 Å². The molecule has 0 aromatic carbocycles. The van der Waals surface area contributed by atoms with E-state index in [9.17, 15) is 4.79 Å². The van der Waals surface area contributed by atoms with Crippen LogP contribution in [0.4, 0.5) is 0 Å². The first-order valence-corrected chi connectivity index (χ1v) is 8.27. The second kappa shape index (κ2) is 7.13. The molecule has 114 valence electrons. The molecule has 0 amide bonds. The van der Waals surface area contributed by atoms with Gasteiger partial charge in [-0.1, -0.05) is 43.1 Å². The van der Waals surface area contributed by atoms with Gasteiger partial charge in [0, 0.05) is 12.2 Å². The van der Waals surface area contributed by atoms with Crippen LogP contribution < -0.4 is 0 Å². The van der Waals surface area contributed by atoms with E-state index in [1.807, 2.05) is 4.57 Å². The van der Waals surface area contributed by atoms with Gasteiger partial charge in [-0.3, -0.25) is 4.79 Å². The lowest BCUT2D eigenvalue weighted by molar-refractivity contribution is -0.133. The fourth-order valence-electron chi connectivity index (χ4n) is 2.19. The molecule has 0 bridgehead atoms. The fraction of sp³-hybridized carbons (Fsp3) is 0.500. The number of hydrogen-bond acceptors (Lipinski definition) is 4. The number of aromatic nitrogens is 3. The highest BCUT2D eigenvalue weighted by Gasteiger charge is 2.18. The van der Waals surface area contributed by atoms with E-state index in [1.54, 1.807) is 12.3 Å². The van der Waals surface area contributed by atoms with Crippen LogP contribution in [0, 0.1) is 0 Å². The quantitative estimate of drug-likeness (QED) is 0.778. The third-order valence-corrected chi connectivity index (χ3v) is 4.35. The van der Waals surface area contributed by atoms with Crippen molar-refractivity contribution in [2.24, 2.45) is 0 Å². The van der Waals surface area contributed by atoms with Crippen molar-refractivity contribution in [3.05, 3.63) is 17.3 Å². The predicted octanol–water partition coefficient (Wildman–Crippen LogP) is 4.01. The van der Waals surface area contributed by atoms with E-state index in [4.69, 9.17) is 16.7 Å². The van der Waals surface area contributed by atoms with Crippen LogP contribution in [-0.2, 0) is 4.79 Å². The molecule has 7 heteroatoms. The van der Waals surface area contributed by atoms with Gasteiger partial charge in [-0.25, -0.2) is 9.97 Å². The summed E-state index contributed by atoms with van der Waals surface area (Å²) in [6.45, 7) is 4.26. The zero-order valence-electron chi connectivity index (χ0n) is 12.0. The van der Waals surface area contributed by atoms with Gasteiger partial charge in [0.25, 0.3) is 0 Å². The molecule has 0 spiro atoms. The Kier molecular flexibility index (Phi) is 5.47. The van der Waals surface area contributed by atoms with Gasteiger partial charge >= 0.3 is 5.97 Å². The van der Waals surface area contributed by atoms with Crippen molar-refractivity contribution in [3.63, 3.8) is 0 Å². The van der Waals surface area contributed by atoms with E-state index in [2.05, 4.69) is 23.8 Å². The average Bonchev–Trinajstić information content (AvgIpc) is 2.79. The minimum Gasteiger partial charge on any atom is -0.481 e. The van der Waals surface area contributed by atoms with Crippen LogP contribution in [0.3, 0.4) is 0 Å². The van der Waals surface area contributed by atoms with Crippen molar-refractivity contribution in [1.82, 2.24) is 14.5 Å². The highest BCUT2D eigenvalue weighted by atomic mass is 35.5. The third-order valence-electron chi connectivity index (χ3n) is 3.21. The summed E-state index contributed by atoms with van der Waals surface area (Å²) in [7, 11) is 0. The summed E-state index contributed by atoms with van der Waals surface area (Å²) < 4.78 is 2.02. The molecule has 0 aliphatic rings. The number of pyridine rings is 1. The van der Waals surface area contributed by atoms with Crippen molar-refractivity contribution in [2.75, 3.05) is 5.75 Å². The van der Waals surface area contributed by atoms with Crippen molar-refractivity contribution < 1.29 is 9.90 Å². The number of nitrogens with zero attached hydrogens (tertiary/aromatic N) is 3. The van der Waals surface area contributed by atoms with Crippen LogP contribution in [0.1, 0.15) is 39.2 Å². The standard InChI is InChI=1S/C14H18ClN3O2S/c1-3-4-5-9(2)18-13-11(6-10(15)7-16-13)17-14(18)21-8-12(19)20/h6-7,9H,3-5,8H2,1-2H3,(H,19,20). The average molecular weight is 328 g/mol. The topological polar surface area (TPSA) is 68.0 Å². The molecule has 21 heavy (non-hydrogen) atoms. The number of aliphatic carboxylic acids is 1. The van der Waals surface area contributed by atoms with Crippen molar-refractivity contribution >= 4 is 40.5 Å². The second-order valence-electron chi connectivity index (χ2n) is 4.93. The number of carboxylic acids is 1. The Morgan fingerprint density at radius 1 is 1.57 bits per heavy atom. The summed E-state index contributed by atoms with van der Waals surface area (Å²) in [4.78, 5) is 19.7. The van der Waals surface area contributed by atoms with Gasteiger partial charge in [-0.2, -0.15) is 0 Å². The van der Waals surface area contributed by atoms with Crippen molar-refractivity contribution in [2.45, 2.75) is 44.3 Å². The molecule has 1 unspecified atom stereocenters. The highest BCUT2D eigenvalue weighted by molar-refractivity contribution is 7.99. The Labute approximate surface area is 132 Å². The highest BCUT2D eigenvalue weighted by Crippen LogP contribution is 2.29. The Bertz CT molecular complexity index is 644. The Hall–Kier alpha value is -1.27. The molecule has 0 saturated heterocycles. The van der Waals surface area contributed by atoms with Crippen LogP contribution in [0.25, 0.3) is 11.2 Å². The first-order valence-electron chi connectivity index (χ1n) is 6.91. The molecule has 0 fully saturated rings. The van der Waals surface area contributed by atoms with E-state index in [-0.39, 0.29) is 11.8 Å². The normalized spacial score (nSPS) is 12.7. The zero-order chi connectivity index (χ0) is 15.4. The maximum Gasteiger partial charge on any atom is 0.313 e. The van der Waals surface area contributed by atoms with Crippen LogP contribution in [-0.4, -0.2) is 31.4 Å². The monoisotopic (exact) mass is 327 g/mol. The van der Waals surface area contributed by atoms with E-state index in [0.717, 1.165) is 24.9 Å². The maximum atomic E-state index is 10.8. The third kappa shape index (κ3) is 3.89. The molecular weight excluding hydrogens is 310 g/mol. The smallest absolute Gasteiger partial charge is 0.313 e. The van der Waals surface area contributed by atoms with E-state index < -0.39 is 5.97 Å². The second-order valence-corrected chi connectivity index (χ2v) is 6.31. The Balaban J connectivity index is 2.41. The molecule has 2 aromatic heterocycles.